The molecule has 0 atom stereocenters. The molecule has 23 heavy (non-hydrogen) atoms. The van der Waals surface area contributed by atoms with Gasteiger partial charge in [-0.1, -0.05) is 6.92 Å². The fraction of sp³-hybridized carbons (Fsp3) is 0.765. The summed E-state index contributed by atoms with van der Waals surface area (Å²) in [6, 6.07) is 0. The molecule has 0 aliphatic carbocycles. The predicted molar refractivity (Wildman–Crippen MR) is 98.7 cm³/mol. The molecule has 0 aliphatic rings. The zero-order valence-electron chi connectivity index (χ0n) is 15.3. The van der Waals surface area contributed by atoms with Crippen LogP contribution < -0.4 is 21.1 Å². The zero-order chi connectivity index (χ0) is 17.4. The van der Waals surface area contributed by atoms with E-state index in [1.165, 1.54) is 0 Å². The van der Waals surface area contributed by atoms with Crippen LogP contribution in [0.25, 0.3) is 0 Å². The van der Waals surface area contributed by atoms with Crippen LogP contribution in [0.4, 0.5) is 11.4 Å². The number of hydrogen-bond acceptors (Lipinski definition) is 6. The molecule has 0 aromatic heterocycles. The molecule has 0 amide bonds. The van der Waals surface area contributed by atoms with Crippen LogP contribution in [0.1, 0.15) is 26.2 Å². The van der Waals surface area contributed by atoms with Gasteiger partial charge in [0, 0.05) is 19.6 Å². The molecule has 0 heterocycles. The van der Waals surface area contributed by atoms with Crippen molar-refractivity contribution in [2.45, 2.75) is 26.2 Å². The summed E-state index contributed by atoms with van der Waals surface area (Å²) in [4.78, 5) is 30.3. The minimum Gasteiger partial charge on any atom is -0.380 e. The lowest BCUT2D eigenvalue weighted by Gasteiger charge is -2.29. The molecular weight excluding hydrogens is 292 g/mol. The normalized spacial score (nSPS) is 11.6. The summed E-state index contributed by atoms with van der Waals surface area (Å²) in [5, 5.41) is 3.12. The monoisotopic (exact) mass is 324 g/mol. The largest absolute Gasteiger partial charge is 0.380 e. The standard InChI is InChI=1S/C17H32N4O2/c1-6-9-18-14-15(17(23)16(14)22)21(12-7-10-19(2)3)13-8-11-20(4)5/h18H,6-13H2,1-5H3. The summed E-state index contributed by atoms with van der Waals surface area (Å²) in [6.07, 6.45) is 2.88. The molecule has 0 bridgehead atoms. The predicted octanol–water partition coefficient (Wildman–Crippen LogP) is 0.814. The van der Waals surface area contributed by atoms with Gasteiger partial charge in [-0.25, -0.2) is 0 Å². The van der Waals surface area contributed by atoms with Crippen LogP contribution in [0.2, 0.25) is 0 Å². The highest BCUT2D eigenvalue weighted by Gasteiger charge is 2.25. The topological polar surface area (TPSA) is 55.9 Å². The summed E-state index contributed by atoms with van der Waals surface area (Å²) in [7, 11) is 8.17. The Labute approximate surface area is 139 Å². The summed E-state index contributed by atoms with van der Waals surface area (Å²) in [5.74, 6) is 0. The highest BCUT2D eigenvalue weighted by Crippen LogP contribution is 2.20. The molecule has 1 aromatic carbocycles. The SMILES string of the molecule is CCCNc1c(N(CCCN(C)C)CCCN(C)C)c(=O)c1=O. The first-order valence-electron chi connectivity index (χ1n) is 8.50. The minimum atomic E-state index is -0.362. The fourth-order valence-electron chi connectivity index (χ4n) is 2.59. The average Bonchev–Trinajstić information content (AvgIpc) is 2.48. The number of hydrogen-bond donors (Lipinski definition) is 1. The quantitative estimate of drug-likeness (QED) is 0.574. The van der Waals surface area contributed by atoms with E-state index in [2.05, 4.69) is 20.0 Å². The third-order valence-corrected chi connectivity index (χ3v) is 3.82. The number of nitrogens with zero attached hydrogens (tertiary/aromatic N) is 3. The lowest BCUT2D eigenvalue weighted by Crippen LogP contribution is -2.44. The Morgan fingerprint density at radius 1 is 0.826 bits per heavy atom. The molecular formula is C17H32N4O2. The van der Waals surface area contributed by atoms with E-state index in [0.717, 1.165) is 52.0 Å². The lowest BCUT2D eigenvalue weighted by molar-refractivity contribution is 0.390. The van der Waals surface area contributed by atoms with Gasteiger partial charge in [-0.2, -0.15) is 0 Å². The molecule has 6 heteroatoms. The Bertz CT molecular complexity index is 519. The molecule has 1 N–H and O–H groups in total. The van der Waals surface area contributed by atoms with Gasteiger partial charge in [-0.05, 0) is 60.5 Å². The first-order valence-corrected chi connectivity index (χ1v) is 8.50. The second kappa shape index (κ2) is 9.67. The maximum absolute atomic E-state index is 12.1. The summed E-state index contributed by atoms with van der Waals surface area (Å²) in [5.41, 5.74) is 0.421. The van der Waals surface area contributed by atoms with Crippen LogP contribution in [0.5, 0.6) is 0 Å². The Kier molecular flexibility index (Phi) is 8.26. The van der Waals surface area contributed by atoms with Crippen molar-refractivity contribution < 1.29 is 0 Å². The van der Waals surface area contributed by atoms with E-state index >= 15 is 0 Å². The lowest BCUT2D eigenvalue weighted by atomic mass is 10.1. The van der Waals surface area contributed by atoms with Crippen molar-refractivity contribution in [3.63, 3.8) is 0 Å². The minimum absolute atomic E-state index is 0.335. The molecule has 0 saturated heterocycles. The Hall–Kier alpha value is -1.40. The van der Waals surface area contributed by atoms with Crippen molar-refractivity contribution in [1.29, 1.82) is 0 Å². The molecule has 0 spiro atoms. The van der Waals surface area contributed by atoms with Gasteiger partial charge >= 0.3 is 0 Å². The molecule has 6 nitrogen and oxygen atoms in total. The third-order valence-electron chi connectivity index (χ3n) is 3.82. The van der Waals surface area contributed by atoms with Crippen molar-refractivity contribution in [1.82, 2.24) is 9.80 Å². The molecule has 0 radical (unpaired) electrons. The van der Waals surface area contributed by atoms with Gasteiger partial charge in [0.05, 0.1) is 0 Å². The third kappa shape index (κ3) is 5.95. The van der Waals surface area contributed by atoms with Crippen molar-refractivity contribution in [3.8, 4) is 0 Å². The van der Waals surface area contributed by atoms with Gasteiger partial charge in [-0.15, -0.1) is 0 Å². The maximum Gasteiger partial charge on any atom is 0.253 e. The van der Waals surface area contributed by atoms with Gasteiger partial charge in [0.15, 0.2) is 0 Å². The summed E-state index contributed by atoms with van der Waals surface area (Å²) >= 11 is 0. The van der Waals surface area contributed by atoms with E-state index in [1.807, 2.05) is 35.1 Å². The highest BCUT2D eigenvalue weighted by atomic mass is 16.2. The van der Waals surface area contributed by atoms with Crippen LogP contribution in [0.3, 0.4) is 0 Å². The van der Waals surface area contributed by atoms with E-state index in [4.69, 9.17) is 0 Å². The molecule has 1 rings (SSSR count). The number of nitrogens with one attached hydrogen (secondary N) is 1. The summed E-state index contributed by atoms with van der Waals surface area (Å²) in [6.45, 7) is 6.31. The Morgan fingerprint density at radius 2 is 1.35 bits per heavy atom. The summed E-state index contributed by atoms with van der Waals surface area (Å²) < 4.78 is 0. The highest BCUT2D eigenvalue weighted by molar-refractivity contribution is 5.75. The zero-order valence-corrected chi connectivity index (χ0v) is 15.3. The van der Waals surface area contributed by atoms with Crippen molar-refractivity contribution in [3.05, 3.63) is 20.4 Å². The van der Waals surface area contributed by atoms with Crippen LogP contribution in [0, 0.1) is 0 Å². The van der Waals surface area contributed by atoms with E-state index in [-0.39, 0.29) is 10.9 Å². The molecule has 132 valence electrons. The van der Waals surface area contributed by atoms with Crippen LogP contribution >= 0.6 is 0 Å². The molecule has 1 aromatic rings. The van der Waals surface area contributed by atoms with Crippen molar-refractivity contribution in [2.75, 3.05) is 71.1 Å². The molecule has 0 fully saturated rings. The first kappa shape index (κ1) is 19.6. The molecule has 0 aliphatic heterocycles. The second-order valence-electron chi connectivity index (χ2n) is 6.61. The number of rotatable bonds is 12. The molecule has 0 unspecified atom stereocenters. The van der Waals surface area contributed by atoms with Gasteiger partial charge in [-0.3, -0.25) is 9.59 Å². The second-order valence-corrected chi connectivity index (χ2v) is 6.61. The fourth-order valence-corrected chi connectivity index (χ4v) is 2.59. The van der Waals surface area contributed by atoms with Crippen molar-refractivity contribution >= 4 is 11.4 Å². The van der Waals surface area contributed by atoms with Gasteiger partial charge in [0.2, 0.25) is 0 Å². The first-order chi connectivity index (χ1) is 10.9. The smallest absolute Gasteiger partial charge is 0.253 e. The Balaban J connectivity index is 2.79. The maximum atomic E-state index is 12.1. The van der Waals surface area contributed by atoms with E-state index in [0.29, 0.717) is 11.4 Å². The van der Waals surface area contributed by atoms with Gasteiger partial charge < -0.3 is 20.0 Å². The van der Waals surface area contributed by atoms with Crippen molar-refractivity contribution in [2.24, 2.45) is 0 Å². The van der Waals surface area contributed by atoms with Crippen LogP contribution in [-0.4, -0.2) is 70.7 Å². The number of anilines is 2. The van der Waals surface area contributed by atoms with Gasteiger partial charge in [0.25, 0.3) is 10.9 Å². The average molecular weight is 324 g/mol. The van der Waals surface area contributed by atoms with E-state index in [1.54, 1.807) is 0 Å². The van der Waals surface area contributed by atoms with Gasteiger partial charge in [0.1, 0.15) is 11.4 Å². The van der Waals surface area contributed by atoms with Crippen LogP contribution in [0.15, 0.2) is 9.59 Å². The van der Waals surface area contributed by atoms with E-state index < -0.39 is 0 Å². The van der Waals surface area contributed by atoms with Crippen LogP contribution in [-0.2, 0) is 0 Å². The molecule has 0 saturated carbocycles. The Morgan fingerprint density at radius 3 is 1.78 bits per heavy atom. The van der Waals surface area contributed by atoms with E-state index in [9.17, 15) is 9.59 Å².